The van der Waals surface area contributed by atoms with E-state index in [9.17, 15) is 19.2 Å². The summed E-state index contributed by atoms with van der Waals surface area (Å²) in [5, 5.41) is 1.35. The molecule has 2 aromatic heterocycles. The largest absolute Gasteiger partial charge is 0.333 e. The maximum atomic E-state index is 14.1. The summed E-state index contributed by atoms with van der Waals surface area (Å²) in [6, 6.07) is 20.7. The molecule has 0 atom stereocenters. The summed E-state index contributed by atoms with van der Waals surface area (Å²) >= 11 is 0. The van der Waals surface area contributed by atoms with Crippen molar-refractivity contribution in [2.45, 2.75) is 6.92 Å². The number of carbonyl (C=O) groups excluding carboxylic acids is 2. The topological polar surface area (TPSA) is 105 Å². The number of aromatic amines is 1. The molecule has 1 N–H and O–H groups in total. The van der Waals surface area contributed by atoms with Gasteiger partial charge in [0.2, 0.25) is 0 Å². The first-order chi connectivity index (χ1) is 17.5. The van der Waals surface area contributed by atoms with Crippen LogP contribution in [0.3, 0.4) is 0 Å². The molecule has 3 heterocycles. The minimum absolute atomic E-state index is 0.0904. The number of benzene rings is 3. The summed E-state index contributed by atoms with van der Waals surface area (Å²) in [4.78, 5) is 62.2. The number of aromatic nitrogens is 3. The summed E-state index contributed by atoms with van der Waals surface area (Å²) in [6.07, 6.45) is 3.04. The number of anilines is 1. The van der Waals surface area contributed by atoms with E-state index in [-0.39, 0.29) is 28.2 Å². The van der Waals surface area contributed by atoms with Crippen LogP contribution in [0.15, 0.2) is 94.8 Å². The zero-order valence-corrected chi connectivity index (χ0v) is 19.1. The highest BCUT2D eigenvalue weighted by Gasteiger charge is 2.40. The van der Waals surface area contributed by atoms with Crippen LogP contribution in [0.5, 0.6) is 0 Å². The van der Waals surface area contributed by atoms with Crippen LogP contribution < -0.4 is 16.1 Å². The Bertz CT molecular complexity index is 1810. The molecular weight excluding hydrogens is 456 g/mol. The number of hydrogen-bond acceptors (Lipinski definition) is 5. The predicted octanol–water partition coefficient (Wildman–Crippen LogP) is 3.85. The lowest BCUT2D eigenvalue weighted by molar-refractivity contribution is 0.0925. The smallest absolute Gasteiger partial charge is 0.304 e. The van der Waals surface area contributed by atoms with Gasteiger partial charge in [0.25, 0.3) is 17.4 Å². The molecular formula is C28H18N4O4. The molecule has 174 valence electrons. The molecule has 1 aliphatic rings. The molecule has 1 aliphatic heterocycles. The summed E-state index contributed by atoms with van der Waals surface area (Å²) in [7, 11) is 0. The first-order valence-corrected chi connectivity index (χ1v) is 11.2. The van der Waals surface area contributed by atoms with Crippen molar-refractivity contribution < 1.29 is 9.59 Å². The van der Waals surface area contributed by atoms with E-state index in [2.05, 4.69) is 9.97 Å². The number of nitrogens with zero attached hydrogens (tertiary/aromatic N) is 3. The fourth-order valence-corrected chi connectivity index (χ4v) is 4.63. The molecule has 5 aromatic rings. The molecule has 8 heteroatoms. The summed E-state index contributed by atoms with van der Waals surface area (Å²) in [6.45, 7) is 1.87. The maximum Gasteiger partial charge on any atom is 0.333 e. The first-order valence-electron chi connectivity index (χ1n) is 11.2. The number of carbonyl (C=O) groups is 2. The summed E-state index contributed by atoms with van der Waals surface area (Å²) < 4.78 is 0.924. The van der Waals surface area contributed by atoms with Crippen LogP contribution in [0.2, 0.25) is 0 Å². The Balaban J connectivity index is 1.70. The van der Waals surface area contributed by atoms with Gasteiger partial charge in [-0.1, -0.05) is 60.2 Å². The van der Waals surface area contributed by atoms with Crippen molar-refractivity contribution in [1.29, 1.82) is 0 Å². The number of hydrogen-bond donors (Lipinski definition) is 1. The number of H-pyrrole nitrogens is 1. The average molecular weight is 474 g/mol. The van der Waals surface area contributed by atoms with Crippen molar-refractivity contribution in [2.75, 3.05) is 4.90 Å². The third-order valence-corrected chi connectivity index (χ3v) is 6.29. The van der Waals surface area contributed by atoms with Gasteiger partial charge in [-0.2, -0.15) is 0 Å². The van der Waals surface area contributed by atoms with Crippen molar-refractivity contribution in [2.24, 2.45) is 0 Å². The summed E-state index contributed by atoms with van der Waals surface area (Å²) in [5.74, 6) is -1.26. The van der Waals surface area contributed by atoms with E-state index in [1.807, 2.05) is 25.1 Å². The number of fused-ring (bicyclic) bond motifs is 2. The Kier molecular flexibility index (Phi) is 4.75. The van der Waals surface area contributed by atoms with Crippen LogP contribution in [0, 0.1) is 6.92 Å². The molecule has 8 nitrogen and oxygen atoms in total. The lowest BCUT2D eigenvalue weighted by atomic mass is 10.1. The summed E-state index contributed by atoms with van der Waals surface area (Å²) in [5.41, 5.74) is 0.365. The Labute approximate surface area is 204 Å². The Morgan fingerprint density at radius 2 is 1.47 bits per heavy atom. The van der Waals surface area contributed by atoms with Gasteiger partial charge < -0.3 is 4.98 Å². The van der Waals surface area contributed by atoms with Gasteiger partial charge in [0.15, 0.2) is 0 Å². The Morgan fingerprint density at radius 1 is 0.778 bits per heavy atom. The highest BCUT2D eigenvalue weighted by Crippen LogP contribution is 2.33. The van der Waals surface area contributed by atoms with Gasteiger partial charge >= 0.3 is 5.69 Å². The molecule has 3 aromatic carbocycles. The molecule has 0 saturated heterocycles. The minimum atomic E-state index is -0.803. The zero-order valence-electron chi connectivity index (χ0n) is 19.1. The van der Waals surface area contributed by atoms with Gasteiger partial charge in [0.05, 0.1) is 28.7 Å². The van der Waals surface area contributed by atoms with E-state index < -0.39 is 23.1 Å². The highest BCUT2D eigenvalue weighted by molar-refractivity contribution is 6.35. The molecule has 0 fully saturated rings. The molecule has 6 rings (SSSR count). The molecule has 0 bridgehead atoms. The standard InChI is InChI=1S/C28H18N4O4/c1-16-7-6-9-17(13-16)23-24(32-25(33)20-11-4-5-12-21(20)26(32)34)27(35)31(28(36)30-23)22-15-29-14-18-8-2-3-10-19(18)22/h2-15H,1H3,(H,30,36). The van der Waals surface area contributed by atoms with Crippen molar-refractivity contribution in [3.8, 4) is 16.9 Å². The fraction of sp³-hybridized carbons (Fsp3) is 0.0357. The average Bonchev–Trinajstić information content (AvgIpc) is 3.14. The first kappa shape index (κ1) is 21.4. The molecule has 0 spiro atoms. The monoisotopic (exact) mass is 474 g/mol. The van der Waals surface area contributed by atoms with Gasteiger partial charge in [-0.05, 0) is 25.1 Å². The highest BCUT2D eigenvalue weighted by atomic mass is 16.2. The van der Waals surface area contributed by atoms with Crippen molar-refractivity contribution in [3.05, 3.63) is 123 Å². The van der Waals surface area contributed by atoms with Crippen LogP contribution in [-0.2, 0) is 0 Å². The van der Waals surface area contributed by atoms with Gasteiger partial charge in [-0.3, -0.25) is 19.4 Å². The maximum absolute atomic E-state index is 14.1. The molecule has 2 amide bonds. The van der Waals surface area contributed by atoms with E-state index in [4.69, 9.17) is 0 Å². The molecule has 36 heavy (non-hydrogen) atoms. The minimum Gasteiger partial charge on any atom is -0.304 e. The lowest BCUT2D eigenvalue weighted by Gasteiger charge is -2.19. The van der Waals surface area contributed by atoms with E-state index >= 15 is 0 Å². The third-order valence-electron chi connectivity index (χ3n) is 6.29. The van der Waals surface area contributed by atoms with Crippen molar-refractivity contribution >= 4 is 28.3 Å². The number of pyridine rings is 1. The van der Waals surface area contributed by atoms with E-state index in [1.165, 1.54) is 6.20 Å². The second-order valence-corrected chi connectivity index (χ2v) is 8.53. The van der Waals surface area contributed by atoms with Gasteiger partial charge in [-0.15, -0.1) is 0 Å². The van der Waals surface area contributed by atoms with E-state index in [0.717, 1.165) is 20.4 Å². The Morgan fingerprint density at radius 3 is 2.19 bits per heavy atom. The van der Waals surface area contributed by atoms with Crippen LogP contribution in [0.1, 0.15) is 26.3 Å². The quantitative estimate of drug-likeness (QED) is 0.400. The zero-order chi connectivity index (χ0) is 25.0. The van der Waals surface area contributed by atoms with Crippen LogP contribution in [0.25, 0.3) is 27.7 Å². The van der Waals surface area contributed by atoms with Gasteiger partial charge in [-0.25, -0.2) is 14.3 Å². The Hall–Kier alpha value is -5.11. The van der Waals surface area contributed by atoms with E-state index in [0.29, 0.717) is 10.9 Å². The number of amides is 2. The number of nitrogens with one attached hydrogen (secondary N) is 1. The fourth-order valence-electron chi connectivity index (χ4n) is 4.63. The SMILES string of the molecule is Cc1cccc(-c2[nH]c(=O)n(-c3cncc4ccccc34)c(=O)c2N2C(=O)c3ccccc3C2=O)c1. The van der Waals surface area contributed by atoms with Crippen LogP contribution >= 0.6 is 0 Å². The second-order valence-electron chi connectivity index (χ2n) is 8.53. The third kappa shape index (κ3) is 3.12. The predicted molar refractivity (Wildman–Crippen MR) is 136 cm³/mol. The second kappa shape index (κ2) is 7.99. The number of imide groups is 1. The van der Waals surface area contributed by atoms with Gasteiger partial charge in [0, 0.05) is 22.5 Å². The molecule has 0 saturated carbocycles. The van der Waals surface area contributed by atoms with Crippen LogP contribution in [0.4, 0.5) is 5.69 Å². The molecule has 0 radical (unpaired) electrons. The van der Waals surface area contributed by atoms with Crippen molar-refractivity contribution in [1.82, 2.24) is 14.5 Å². The lowest BCUT2D eigenvalue weighted by Crippen LogP contribution is -2.42. The molecule has 0 aliphatic carbocycles. The van der Waals surface area contributed by atoms with Crippen LogP contribution in [-0.4, -0.2) is 26.3 Å². The molecule has 0 unspecified atom stereocenters. The number of aryl methyl sites for hydroxylation is 1. The van der Waals surface area contributed by atoms with Gasteiger partial charge in [0.1, 0.15) is 5.69 Å². The van der Waals surface area contributed by atoms with Crippen molar-refractivity contribution in [3.63, 3.8) is 0 Å². The van der Waals surface area contributed by atoms with E-state index in [1.54, 1.807) is 60.8 Å². The number of rotatable bonds is 3. The normalized spacial score (nSPS) is 12.9.